The van der Waals surface area contributed by atoms with E-state index in [1.807, 2.05) is 25.2 Å². The van der Waals surface area contributed by atoms with Crippen molar-refractivity contribution in [1.82, 2.24) is 5.06 Å². The van der Waals surface area contributed by atoms with Crippen molar-refractivity contribution in [2.45, 2.75) is 13.3 Å². The van der Waals surface area contributed by atoms with E-state index in [0.29, 0.717) is 13.2 Å². The molecule has 2 aliphatic rings. The Bertz CT molecular complexity index is 281. The average molecular weight is 179 g/mol. The summed E-state index contributed by atoms with van der Waals surface area (Å²) in [4.78, 5) is 16.9. The number of carbonyl (C=O) groups excluding carboxylic acids is 1. The van der Waals surface area contributed by atoms with Gasteiger partial charge in [-0.1, -0.05) is 18.2 Å². The minimum atomic E-state index is 0.0524. The molecule has 2 rings (SSSR count). The topological polar surface area (TPSA) is 29.5 Å². The monoisotopic (exact) mass is 179 g/mol. The Hall–Kier alpha value is -1.09. The van der Waals surface area contributed by atoms with Crippen LogP contribution in [0.4, 0.5) is 0 Å². The molecule has 1 heterocycles. The maximum atomic E-state index is 11.7. The van der Waals surface area contributed by atoms with Crippen molar-refractivity contribution in [3.63, 3.8) is 0 Å². The van der Waals surface area contributed by atoms with E-state index >= 15 is 0 Å². The van der Waals surface area contributed by atoms with Gasteiger partial charge in [0.1, 0.15) is 0 Å². The molecule has 0 spiro atoms. The molecule has 0 aromatic heterocycles. The minimum absolute atomic E-state index is 0.0524. The highest BCUT2D eigenvalue weighted by atomic mass is 16.7. The van der Waals surface area contributed by atoms with E-state index < -0.39 is 0 Å². The van der Waals surface area contributed by atoms with E-state index in [-0.39, 0.29) is 11.8 Å². The number of hydrogen-bond donors (Lipinski definition) is 0. The number of hydrogen-bond acceptors (Lipinski definition) is 2. The molecule has 1 fully saturated rings. The second kappa shape index (κ2) is 3.34. The second-order valence-corrected chi connectivity index (χ2v) is 3.25. The lowest BCUT2D eigenvalue weighted by Crippen LogP contribution is -2.27. The maximum absolute atomic E-state index is 11.7. The fraction of sp³-hybridized carbons (Fsp3) is 0.500. The highest BCUT2D eigenvalue weighted by Crippen LogP contribution is 2.29. The summed E-state index contributed by atoms with van der Waals surface area (Å²) < 4.78 is 0. The number of hydroxylamine groups is 2. The zero-order chi connectivity index (χ0) is 9.26. The lowest BCUT2D eigenvalue weighted by Gasteiger charge is -2.13. The fourth-order valence-corrected chi connectivity index (χ4v) is 1.78. The third-order valence-corrected chi connectivity index (χ3v) is 2.42. The summed E-state index contributed by atoms with van der Waals surface area (Å²) in [6.45, 7) is 3.09. The quantitative estimate of drug-likeness (QED) is 0.639. The number of allylic oxidation sites excluding steroid dienone is 3. The van der Waals surface area contributed by atoms with Gasteiger partial charge in [-0.05, 0) is 18.9 Å². The molecule has 0 N–H and O–H groups in total. The summed E-state index contributed by atoms with van der Waals surface area (Å²) >= 11 is 0. The lowest BCUT2D eigenvalue weighted by molar-refractivity contribution is -0.177. The number of amides is 1. The van der Waals surface area contributed by atoms with Crippen molar-refractivity contribution in [1.29, 1.82) is 0 Å². The van der Waals surface area contributed by atoms with E-state index in [4.69, 9.17) is 4.84 Å². The van der Waals surface area contributed by atoms with Crippen LogP contribution in [0.25, 0.3) is 0 Å². The number of fused-ring (bicyclic) bond motifs is 1. The highest BCUT2D eigenvalue weighted by Gasteiger charge is 2.36. The van der Waals surface area contributed by atoms with Crippen molar-refractivity contribution in [2.75, 3.05) is 13.2 Å². The average Bonchev–Trinajstić information content (AvgIpc) is 2.46. The summed E-state index contributed by atoms with van der Waals surface area (Å²) in [6, 6.07) is 0. The van der Waals surface area contributed by atoms with Gasteiger partial charge in [0.25, 0.3) is 5.91 Å². The molecule has 0 radical (unpaired) electrons. The van der Waals surface area contributed by atoms with E-state index in [1.54, 1.807) is 0 Å². The molecule has 1 aliphatic heterocycles. The Morgan fingerprint density at radius 2 is 2.54 bits per heavy atom. The number of rotatable bonds is 2. The Balaban J connectivity index is 2.13. The van der Waals surface area contributed by atoms with Gasteiger partial charge in [-0.25, -0.2) is 5.06 Å². The van der Waals surface area contributed by atoms with Crippen molar-refractivity contribution in [2.24, 2.45) is 5.92 Å². The molecule has 0 saturated carbocycles. The van der Waals surface area contributed by atoms with Gasteiger partial charge in [0.15, 0.2) is 0 Å². The maximum Gasteiger partial charge on any atom is 0.254 e. The van der Waals surface area contributed by atoms with Crippen LogP contribution in [0.1, 0.15) is 13.3 Å². The van der Waals surface area contributed by atoms with Gasteiger partial charge in [-0.15, -0.1) is 0 Å². The molecule has 13 heavy (non-hydrogen) atoms. The predicted octanol–water partition coefficient (Wildman–Crippen LogP) is 1.28. The summed E-state index contributed by atoms with van der Waals surface area (Å²) in [5.41, 5.74) is 1.18. The highest BCUT2D eigenvalue weighted by molar-refractivity contribution is 5.85. The van der Waals surface area contributed by atoms with Crippen LogP contribution >= 0.6 is 0 Å². The third kappa shape index (κ3) is 1.40. The molecule has 3 heteroatoms. The van der Waals surface area contributed by atoms with Gasteiger partial charge in [-0.2, -0.15) is 0 Å². The molecule has 1 saturated heterocycles. The van der Waals surface area contributed by atoms with Gasteiger partial charge in [0.05, 0.1) is 19.1 Å². The molecule has 1 unspecified atom stereocenters. The van der Waals surface area contributed by atoms with Crippen molar-refractivity contribution < 1.29 is 9.63 Å². The first-order chi connectivity index (χ1) is 6.33. The van der Waals surface area contributed by atoms with Crippen molar-refractivity contribution in [3.8, 4) is 0 Å². The molecule has 1 amide bonds. The lowest BCUT2D eigenvalue weighted by atomic mass is 9.94. The first-order valence-electron chi connectivity index (χ1n) is 4.63. The van der Waals surface area contributed by atoms with Crippen LogP contribution in [0.3, 0.4) is 0 Å². The second-order valence-electron chi connectivity index (χ2n) is 3.25. The van der Waals surface area contributed by atoms with Crippen LogP contribution in [0, 0.1) is 5.92 Å². The first-order valence-corrected chi connectivity index (χ1v) is 4.63. The van der Waals surface area contributed by atoms with Crippen LogP contribution in [0.5, 0.6) is 0 Å². The standard InChI is InChI=1S/C10H13NO2/c1-2-13-11-7-8-5-3-4-6-9(8)10(11)12/h3-5,9H,2,6-7H2,1H3. The van der Waals surface area contributed by atoms with Crippen molar-refractivity contribution in [3.05, 3.63) is 23.8 Å². The van der Waals surface area contributed by atoms with Gasteiger partial charge in [0.2, 0.25) is 0 Å². The van der Waals surface area contributed by atoms with Crippen LogP contribution < -0.4 is 0 Å². The van der Waals surface area contributed by atoms with Crippen LogP contribution in [-0.2, 0) is 9.63 Å². The molecule has 1 atom stereocenters. The molecule has 1 aliphatic carbocycles. The Labute approximate surface area is 77.6 Å². The summed E-state index contributed by atoms with van der Waals surface area (Å²) in [6.07, 6.45) is 6.88. The van der Waals surface area contributed by atoms with Gasteiger partial charge >= 0.3 is 0 Å². The molecule has 3 nitrogen and oxygen atoms in total. The molecule has 0 aromatic carbocycles. The number of nitrogens with zero attached hydrogens (tertiary/aromatic N) is 1. The van der Waals surface area contributed by atoms with E-state index in [0.717, 1.165) is 6.42 Å². The van der Waals surface area contributed by atoms with Crippen molar-refractivity contribution >= 4 is 5.91 Å². The van der Waals surface area contributed by atoms with E-state index in [9.17, 15) is 4.79 Å². The summed E-state index contributed by atoms with van der Waals surface area (Å²) in [5, 5.41) is 1.48. The normalized spacial score (nSPS) is 26.2. The van der Waals surface area contributed by atoms with Crippen LogP contribution in [-0.4, -0.2) is 24.1 Å². The molecular weight excluding hydrogens is 166 g/mol. The van der Waals surface area contributed by atoms with Gasteiger partial charge in [0, 0.05) is 0 Å². The van der Waals surface area contributed by atoms with Crippen LogP contribution in [0.15, 0.2) is 23.8 Å². The minimum Gasteiger partial charge on any atom is -0.272 e. The zero-order valence-electron chi connectivity index (χ0n) is 7.69. The summed E-state index contributed by atoms with van der Waals surface area (Å²) in [5.74, 6) is 0.161. The first kappa shape index (κ1) is 8.51. The molecule has 0 bridgehead atoms. The fourth-order valence-electron chi connectivity index (χ4n) is 1.78. The Kier molecular flexibility index (Phi) is 2.19. The molecular formula is C10H13NO2. The third-order valence-electron chi connectivity index (χ3n) is 2.42. The van der Waals surface area contributed by atoms with Gasteiger partial charge in [-0.3, -0.25) is 9.63 Å². The smallest absolute Gasteiger partial charge is 0.254 e. The number of carbonyl (C=O) groups is 1. The summed E-state index contributed by atoms with van der Waals surface area (Å²) in [7, 11) is 0. The Morgan fingerprint density at radius 1 is 1.69 bits per heavy atom. The van der Waals surface area contributed by atoms with E-state index in [2.05, 4.69) is 0 Å². The predicted molar refractivity (Wildman–Crippen MR) is 48.7 cm³/mol. The van der Waals surface area contributed by atoms with E-state index in [1.165, 1.54) is 10.6 Å². The van der Waals surface area contributed by atoms with Crippen LogP contribution in [0.2, 0.25) is 0 Å². The zero-order valence-corrected chi connectivity index (χ0v) is 7.69. The molecule has 70 valence electrons. The Morgan fingerprint density at radius 3 is 3.23 bits per heavy atom. The largest absolute Gasteiger partial charge is 0.272 e. The molecule has 0 aromatic rings. The van der Waals surface area contributed by atoms with Gasteiger partial charge < -0.3 is 0 Å². The SMILES string of the molecule is CCON1CC2=CC=CCC2C1=O.